The third kappa shape index (κ3) is 3.88. The van der Waals surface area contributed by atoms with Crippen LogP contribution >= 0.6 is 0 Å². The molecule has 0 aliphatic carbocycles. The number of hydrogen-bond acceptors (Lipinski definition) is 5. The number of aromatic nitrogens is 4. The first-order chi connectivity index (χ1) is 13.6. The summed E-state index contributed by atoms with van der Waals surface area (Å²) < 4.78 is 0. The topological polar surface area (TPSA) is 94.7 Å². The molecule has 4 rings (SSSR count). The molecule has 1 aliphatic rings. The standard InChI is InChI=1S/C21H23N5O2/c1-14-19(11-18(25-24-14)17-12-22-21(28)23-20(17)27)26-9-5-8-16(13-26)10-15-6-3-2-4-7-15/h2-4,6-7,11-12,16H,5,8-10,13H2,1H3,(H2,22,23,27,28). The highest BCUT2D eigenvalue weighted by molar-refractivity contribution is 5.64. The summed E-state index contributed by atoms with van der Waals surface area (Å²) in [6.45, 7) is 3.84. The summed E-state index contributed by atoms with van der Waals surface area (Å²) in [5.41, 5.74) is 2.97. The van der Waals surface area contributed by atoms with Crippen LogP contribution in [0.25, 0.3) is 11.3 Å². The average Bonchev–Trinajstić information content (AvgIpc) is 2.70. The minimum absolute atomic E-state index is 0.311. The van der Waals surface area contributed by atoms with Crippen molar-refractivity contribution in [1.29, 1.82) is 0 Å². The summed E-state index contributed by atoms with van der Waals surface area (Å²) in [5, 5.41) is 8.43. The van der Waals surface area contributed by atoms with E-state index >= 15 is 0 Å². The molecule has 0 bridgehead atoms. The van der Waals surface area contributed by atoms with Gasteiger partial charge in [-0.05, 0) is 43.7 Å². The summed E-state index contributed by atoms with van der Waals surface area (Å²) in [4.78, 5) is 30.5. The molecule has 2 aromatic heterocycles. The van der Waals surface area contributed by atoms with E-state index in [0.29, 0.717) is 17.2 Å². The predicted molar refractivity (Wildman–Crippen MR) is 109 cm³/mol. The molecule has 0 spiro atoms. The minimum Gasteiger partial charge on any atom is -0.370 e. The number of benzene rings is 1. The summed E-state index contributed by atoms with van der Waals surface area (Å²) in [6, 6.07) is 12.5. The van der Waals surface area contributed by atoms with Crippen LogP contribution in [0.5, 0.6) is 0 Å². The summed E-state index contributed by atoms with van der Waals surface area (Å²) in [6.07, 6.45) is 4.77. The van der Waals surface area contributed by atoms with Crippen LogP contribution in [0.15, 0.2) is 52.2 Å². The Morgan fingerprint density at radius 3 is 2.79 bits per heavy atom. The Morgan fingerprint density at radius 1 is 1.18 bits per heavy atom. The van der Waals surface area contributed by atoms with Gasteiger partial charge in [0.05, 0.1) is 16.9 Å². The third-order valence-corrected chi connectivity index (χ3v) is 5.27. The van der Waals surface area contributed by atoms with Crippen molar-refractivity contribution in [3.63, 3.8) is 0 Å². The lowest BCUT2D eigenvalue weighted by Crippen LogP contribution is -2.37. The molecule has 3 heterocycles. The predicted octanol–water partition coefficient (Wildman–Crippen LogP) is 2.29. The van der Waals surface area contributed by atoms with Gasteiger partial charge in [-0.2, -0.15) is 5.10 Å². The number of aryl methyl sites for hydroxylation is 1. The maximum atomic E-state index is 12.1. The minimum atomic E-state index is -0.533. The van der Waals surface area contributed by atoms with E-state index in [0.717, 1.165) is 37.3 Å². The first-order valence-corrected chi connectivity index (χ1v) is 9.56. The number of aromatic amines is 2. The molecule has 1 fully saturated rings. The lowest BCUT2D eigenvalue weighted by Gasteiger charge is -2.35. The molecule has 0 radical (unpaired) electrons. The largest absolute Gasteiger partial charge is 0.370 e. The molecule has 1 unspecified atom stereocenters. The molecule has 1 saturated heterocycles. The zero-order valence-corrected chi connectivity index (χ0v) is 15.8. The molecule has 1 aromatic carbocycles. The number of piperidine rings is 1. The zero-order valence-electron chi connectivity index (χ0n) is 15.8. The fourth-order valence-electron chi connectivity index (χ4n) is 3.89. The maximum absolute atomic E-state index is 12.1. The van der Waals surface area contributed by atoms with Gasteiger partial charge in [0.15, 0.2) is 0 Å². The van der Waals surface area contributed by atoms with Crippen molar-refractivity contribution in [3.8, 4) is 11.3 Å². The SMILES string of the molecule is Cc1nnc(-c2c[nH]c(=O)[nH]c2=O)cc1N1CCCC(Cc2ccccc2)C1. The lowest BCUT2D eigenvalue weighted by molar-refractivity contribution is 0.412. The third-order valence-electron chi connectivity index (χ3n) is 5.27. The van der Waals surface area contributed by atoms with Gasteiger partial charge < -0.3 is 9.88 Å². The zero-order chi connectivity index (χ0) is 19.5. The fourth-order valence-corrected chi connectivity index (χ4v) is 3.89. The van der Waals surface area contributed by atoms with E-state index in [2.05, 4.69) is 49.3 Å². The van der Waals surface area contributed by atoms with Crippen LogP contribution in [0.3, 0.4) is 0 Å². The average molecular weight is 377 g/mol. The molecular weight excluding hydrogens is 354 g/mol. The highest BCUT2D eigenvalue weighted by Crippen LogP contribution is 2.28. The number of H-pyrrole nitrogens is 2. The second-order valence-electron chi connectivity index (χ2n) is 7.33. The number of hydrogen-bond donors (Lipinski definition) is 2. The lowest BCUT2D eigenvalue weighted by atomic mass is 9.91. The van der Waals surface area contributed by atoms with Gasteiger partial charge in [0.25, 0.3) is 5.56 Å². The van der Waals surface area contributed by atoms with Crippen molar-refractivity contribution in [2.75, 3.05) is 18.0 Å². The Kier molecular flexibility index (Phi) is 5.06. The molecule has 1 atom stereocenters. The van der Waals surface area contributed by atoms with Crippen molar-refractivity contribution in [1.82, 2.24) is 20.2 Å². The Morgan fingerprint density at radius 2 is 2.00 bits per heavy atom. The van der Waals surface area contributed by atoms with E-state index in [1.54, 1.807) is 0 Å². The number of nitrogens with zero attached hydrogens (tertiary/aromatic N) is 3. The van der Waals surface area contributed by atoms with Crippen LogP contribution in [0.4, 0.5) is 5.69 Å². The molecule has 7 heteroatoms. The van der Waals surface area contributed by atoms with Gasteiger partial charge in [0, 0.05) is 19.3 Å². The van der Waals surface area contributed by atoms with E-state index in [-0.39, 0.29) is 0 Å². The van der Waals surface area contributed by atoms with Gasteiger partial charge in [-0.15, -0.1) is 5.10 Å². The molecule has 0 amide bonds. The number of nitrogens with one attached hydrogen (secondary N) is 2. The molecule has 28 heavy (non-hydrogen) atoms. The van der Waals surface area contributed by atoms with Gasteiger partial charge in [-0.25, -0.2) is 4.79 Å². The van der Waals surface area contributed by atoms with E-state index in [4.69, 9.17) is 0 Å². The quantitative estimate of drug-likeness (QED) is 0.727. The number of rotatable bonds is 4. The molecule has 7 nitrogen and oxygen atoms in total. The Hall–Kier alpha value is -3.22. The highest BCUT2D eigenvalue weighted by atomic mass is 16.2. The second kappa shape index (κ2) is 7.80. The van der Waals surface area contributed by atoms with Gasteiger partial charge >= 0.3 is 5.69 Å². The van der Waals surface area contributed by atoms with E-state index < -0.39 is 11.2 Å². The van der Waals surface area contributed by atoms with Crippen molar-refractivity contribution >= 4 is 5.69 Å². The van der Waals surface area contributed by atoms with Gasteiger partial charge in [0.1, 0.15) is 5.69 Å². The second-order valence-corrected chi connectivity index (χ2v) is 7.33. The van der Waals surface area contributed by atoms with Crippen molar-refractivity contribution in [2.24, 2.45) is 5.92 Å². The molecule has 144 valence electrons. The van der Waals surface area contributed by atoms with E-state index in [9.17, 15) is 9.59 Å². The summed E-state index contributed by atoms with van der Waals surface area (Å²) in [5.74, 6) is 0.573. The smallest absolute Gasteiger partial charge is 0.325 e. The fraction of sp³-hybridized carbons (Fsp3) is 0.333. The molecular formula is C21H23N5O2. The van der Waals surface area contributed by atoms with Crippen molar-refractivity contribution in [2.45, 2.75) is 26.2 Å². The van der Waals surface area contributed by atoms with Crippen LogP contribution < -0.4 is 16.1 Å². The van der Waals surface area contributed by atoms with Crippen LogP contribution in [-0.2, 0) is 6.42 Å². The van der Waals surface area contributed by atoms with Crippen molar-refractivity contribution < 1.29 is 0 Å². The summed E-state index contributed by atoms with van der Waals surface area (Å²) >= 11 is 0. The van der Waals surface area contributed by atoms with Crippen LogP contribution in [-0.4, -0.2) is 33.3 Å². The summed E-state index contributed by atoms with van der Waals surface area (Å²) in [7, 11) is 0. The Balaban J connectivity index is 1.59. The number of anilines is 1. The monoisotopic (exact) mass is 377 g/mol. The first kappa shape index (κ1) is 18.2. The molecule has 0 saturated carbocycles. The Bertz CT molecular complexity index is 1070. The van der Waals surface area contributed by atoms with Gasteiger partial charge in [-0.1, -0.05) is 30.3 Å². The molecule has 1 aliphatic heterocycles. The molecule has 2 N–H and O–H groups in total. The highest BCUT2D eigenvalue weighted by Gasteiger charge is 2.23. The van der Waals surface area contributed by atoms with E-state index in [1.807, 2.05) is 19.1 Å². The van der Waals surface area contributed by atoms with E-state index in [1.165, 1.54) is 18.2 Å². The first-order valence-electron chi connectivity index (χ1n) is 9.56. The van der Waals surface area contributed by atoms with Gasteiger partial charge in [0.2, 0.25) is 0 Å². The van der Waals surface area contributed by atoms with Crippen LogP contribution in [0.2, 0.25) is 0 Å². The van der Waals surface area contributed by atoms with Crippen LogP contribution in [0.1, 0.15) is 24.1 Å². The maximum Gasteiger partial charge on any atom is 0.325 e. The normalized spacial score (nSPS) is 16.9. The molecule has 3 aromatic rings. The van der Waals surface area contributed by atoms with Crippen molar-refractivity contribution in [3.05, 3.63) is 74.7 Å². The van der Waals surface area contributed by atoms with Crippen LogP contribution in [0, 0.1) is 12.8 Å². The Labute approximate surface area is 162 Å². The van der Waals surface area contributed by atoms with Gasteiger partial charge in [-0.3, -0.25) is 9.78 Å².